The predicted octanol–water partition coefficient (Wildman–Crippen LogP) is 0.0577. The summed E-state index contributed by atoms with van der Waals surface area (Å²) >= 11 is 0. The van der Waals surface area contributed by atoms with E-state index in [-0.39, 0.29) is 11.6 Å². The van der Waals surface area contributed by atoms with Crippen LogP contribution in [0.15, 0.2) is 5.28 Å². The maximum atomic E-state index is 12.1. The zero-order valence-electron chi connectivity index (χ0n) is 17.3. The lowest BCUT2D eigenvalue weighted by Gasteiger charge is -2.42. The van der Waals surface area contributed by atoms with Crippen molar-refractivity contribution in [2.75, 3.05) is 26.8 Å². The molecule has 13 heteroatoms. The summed E-state index contributed by atoms with van der Waals surface area (Å²) in [6.07, 6.45) is -4.49. The zero-order chi connectivity index (χ0) is 22.3. The van der Waals surface area contributed by atoms with Crippen molar-refractivity contribution in [2.45, 2.75) is 64.3 Å². The summed E-state index contributed by atoms with van der Waals surface area (Å²) in [6.45, 7) is 4.40. The lowest BCUT2D eigenvalue weighted by atomic mass is 9.98. The molecule has 0 spiro atoms. The Labute approximate surface area is 173 Å². The molecule has 2 aliphatic heterocycles. The number of methoxy groups -OCH3 is 1. The minimum Gasteiger partial charge on any atom is -0.569 e. The highest BCUT2D eigenvalue weighted by Crippen LogP contribution is 2.30. The molecule has 0 aliphatic carbocycles. The van der Waals surface area contributed by atoms with E-state index in [1.165, 1.54) is 19.0 Å². The van der Waals surface area contributed by atoms with Crippen molar-refractivity contribution in [2.24, 2.45) is 5.28 Å². The molecule has 0 unspecified atom stereocenters. The first kappa shape index (κ1) is 23.6. The van der Waals surface area contributed by atoms with Crippen molar-refractivity contribution in [3.8, 4) is 0 Å². The molecule has 2 heterocycles. The molecule has 5 atom stereocenters. The molecule has 0 aromatic carbocycles. The third-order valence-electron chi connectivity index (χ3n) is 4.37. The van der Waals surface area contributed by atoms with Gasteiger partial charge in [0.1, 0.15) is 6.10 Å². The molecule has 0 bridgehead atoms. The van der Waals surface area contributed by atoms with Crippen LogP contribution >= 0.6 is 0 Å². The van der Waals surface area contributed by atoms with Gasteiger partial charge in [-0.2, -0.15) is 0 Å². The molecule has 13 nitrogen and oxygen atoms in total. The molecule has 2 aliphatic rings. The summed E-state index contributed by atoms with van der Waals surface area (Å²) in [7, 11) is 1.39. The fraction of sp³-hybridized carbons (Fsp3) is 0.824. The molecular weight excluding hydrogens is 406 g/mol. The third kappa shape index (κ3) is 6.42. The van der Waals surface area contributed by atoms with Crippen LogP contribution in [0.2, 0.25) is 0 Å². The molecule has 170 valence electrons. The zero-order valence-corrected chi connectivity index (χ0v) is 17.3. The molecule has 2 fully saturated rings. The standard InChI is InChI=1S/C17H27N3O10/c1-10(21)26-14-13(9-25-4)29-17(30-18-20(24)19-7-5-6-8-19)16(28-12(3)23)15(14)27-11(2)22/h13-17H,5-9H2,1-4H3/b20-18-/t13-,14+,15+,16-,17+/m1/s1. The van der Waals surface area contributed by atoms with E-state index in [0.29, 0.717) is 13.1 Å². The van der Waals surface area contributed by atoms with E-state index in [2.05, 4.69) is 5.28 Å². The van der Waals surface area contributed by atoms with Crippen molar-refractivity contribution in [1.29, 1.82) is 0 Å². The van der Waals surface area contributed by atoms with Gasteiger partial charge in [-0.05, 0) is 12.8 Å². The topological polar surface area (TPSA) is 148 Å². The summed E-state index contributed by atoms with van der Waals surface area (Å²) in [5, 5.41) is 17.0. The number of hydrogen-bond donors (Lipinski definition) is 0. The van der Waals surface area contributed by atoms with E-state index in [1.54, 1.807) is 0 Å². The second-order valence-corrected chi connectivity index (χ2v) is 6.82. The molecule has 2 rings (SSSR count). The van der Waals surface area contributed by atoms with E-state index >= 15 is 0 Å². The van der Waals surface area contributed by atoms with Gasteiger partial charge in [0.2, 0.25) is 11.4 Å². The fourth-order valence-corrected chi connectivity index (χ4v) is 3.25. The second-order valence-electron chi connectivity index (χ2n) is 6.82. The maximum absolute atomic E-state index is 12.1. The number of hydrazine groups is 1. The predicted molar refractivity (Wildman–Crippen MR) is 95.1 cm³/mol. The molecule has 0 aromatic rings. The average Bonchev–Trinajstić information content (AvgIpc) is 3.18. The number of carbonyl (C=O) groups excluding carboxylic acids is 3. The molecule has 0 amide bonds. The maximum Gasteiger partial charge on any atom is 0.303 e. The summed E-state index contributed by atoms with van der Waals surface area (Å²) in [5.74, 6) is -2.13. The number of esters is 3. The number of ether oxygens (including phenoxy) is 5. The molecule has 30 heavy (non-hydrogen) atoms. The molecule has 0 aromatic heterocycles. The van der Waals surface area contributed by atoms with Crippen LogP contribution in [0.5, 0.6) is 0 Å². The van der Waals surface area contributed by atoms with Crippen molar-refractivity contribution >= 4 is 17.9 Å². The van der Waals surface area contributed by atoms with Crippen LogP contribution in [0.25, 0.3) is 0 Å². The van der Waals surface area contributed by atoms with Gasteiger partial charge in [-0.1, -0.05) is 0 Å². The third-order valence-corrected chi connectivity index (χ3v) is 4.37. The molecule has 0 saturated carbocycles. The van der Waals surface area contributed by atoms with Crippen molar-refractivity contribution in [1.82, 2.24) is 5.01 Å². The van der Waals surface area contributed by atoms with Crippen LogP contribution in [0.1, 0.15) is 33.6 Å². The SMILES string of the molecule is COC[C@H]1O[C@@H](O/N=[N+](\[O-])N2CCCC2)[C@H](OC(C)=O)[C@@H](OC(C)=O)[C@H]1OC(C)=O. The van der Waals surface area contributed by atoms with E-state index < -0.39 is 48.6 Å². The van der Waals surface area contributed by atoms with Gasteiger partial charge in [0, 0.05) is 27.9 Å². The van der Waals surface area contributed by atoms with Gasteiger partial charge < -0.3 is 33.7 Å². The Hall–Kier alpha value is -2.67. The van der Waals surface area contributed by atoms with Gasteiger partial charge >= 0.3 is 17.9 Å². The van der Waals surface area contributed by atoms with E-state index in [9.17, 15) is 19.6 Å². The van der Waals surface area contributed by atoms with Gasteiger partial charge in [-0.25, -0.2) is 0 Å². The average molecular weight is 433 g/mol. The van der Waals surface area contributed by atoms with Crippen molar-refractivity contribution in [3.05, 3.63) is 5.21 Å². The number of carbonyl (C=O) groups is 3. The highest BCUT2D eigenvalue weighted by Gasteiger charge is 2.53. The largest absolute Gasteiger partial charge is 0.569 e. The number of rotatable bonds is 8. The second kappa shape index (κ2) is 10.9. The summed E-state index contributed by atoms with van der Waals surface area (Å²) in [6, 6.07) is 0. The first-order chi connectivity index (χ1) is 14.2. The normalized spacial score (nSPS) is 29.3. The van der Waals surface area contributed by atoms with E-state index in [4.69, 9.17) is 28.5 Å². The summed E-state index contributed by atoms with van der Waals surface area (Å²) in [4.78, 5) is 40.4. The molecule has 0 radical (unpaired) electrons. The van der Waals surface area contributed by atoms with Gasteiger partial charge in [0.05, 0.1) is 24.7 Å². The Kier molecular flexibility index (Phi) is 8.59. The van der Waals surface area contributed by atoms with Gasteiger partial charge in [-0.15, -0.1) is 5.01 Å². The summed E-state index contributed by atoms with van der Waals surface area (Å²) < 4.78 is 26.6. The molecule has 2 saturated heterocycles. The van der Waals surface area contributed by atoms with Crippen LogP contribution in [0, 0.1) is 5.21 Å². The first-order valence-electron chi connectivity index (χ1n) is 9.48. The molecule has 0 N–H and O–H groups in total. The Bertz CT molecular complexity index is 652. The van der Waals surface area contributed by atoms with Crippen LogP contribution in [0.3, 0.4) is 0 Å². The molecular formula is C17H27N3O10. The Morgan fingerprint density at radius 3 is 2.07 bits per heavy atom. The minimum atomic E-state index is -1.43. The van der Waals surface area contributed by atoms with Gasteiger partial charge in [0.15, 0.2) is 12.2 Å². The van der Waals surface area contributed by atoms with E-state index in [1.807, 2.05) is 0 Å². The van der Waals surface area contributed by atoms with Crippen LogP contribution in [-0.2, 0) is 42.9 Å². The Morgan fingerprint density at radius 2 is 1.53 bits per heavy atom. The summed E-state index contributed by atoms with van der Waals surface area (Å²) in [5.41, 5.74) is 0. The van der Waals surface area contributed by atoms with Crippen LogP contribution < -0.4 is 0 Å². The van der Waals surface area contributed by atoms with Gasteiger partial charge in [0.25, 0.3) is 6.29 Å². The van der Waals surface area contributed by atoms with E-state index in [0.717, 1.165) is 26.7 Å². The lowest BCUT2D eigenvalue weighted by Crippen LogP contribution is -2.62. The number of nitrogens with zero attached hydrogens (tertiary/aromatic N) is 3. The van der Waals surface area contributed by atoms with Crippen LogP contribution in [-0.4, -0.2) is 85.4 Å². The van der Waals surface area contributed by atoms with Crippen molar-refractivity contribution < 1.29 is 47.9 Å². The smallest absolute Gasteiger partial charge is 0.303 e. The Morgan fingerprint density at radius 1 is 1.00 bits per heavy atom. The lowest BCUT2D eigenvalue weighted by molar-refractivity contribution is -0.710. The van der Waals surface area contributed by atoms with Gasteiger partial charge in [-0.3, -0.25) is 14.4 Å². The highest BCUT2D eigenvalue weighted by atomic mass is 16.8. The van der Waals surface area contributed by atoms with Crippen molar-refractivity contribution in [3.63, 3.8) is 0 Å². The number of hydrogen-bond acceptors (Lipinski definition) is 11. The fourth-order valence-electron chi connectivity index (χ4n) is 3.25. The monoisotopic (exact) mass is 433 g/mol. The highest BCUT2D eigenvalue weighted by molar-refractivity contribution is 5.68. The Balaban J connectivity index is 2.32. The minimum absolute atomic E-state index is 0.0738. The van der Waals surface area contributed by atoms with Crippen LogP contribution in [0.4, 0.5) is 0 Å². The quantitative estimate of drug-likeness (QED) is 0.168. The first-order valence-corrected chi connectivity index (χ1v) is 9.48.